The van der Waals surface area contributed by atoms with Gasteiger partial charge >= 0.3 is 5.69 Å². The molecule has 2 atom stereocenters. The maximum absolute atomic E-state index is 12.3. The smallest absolute Gasteiger partial charge is 0.310 e. The van der Waals surface area contributed by atoms with Gasteiger partial charge in [-0.2, -0.15) is 0 Å². The number of amides is 1. The lowest BCUT2D eigenvalue weighted by atomic mass is 9.89. The molecule has 22 heavy (non-hydrogen) atoms. The first-order chi connectivity index (χ1) is 10.4. The molecule has 2 rings (SSSR count). The Morgan fingerprint density at radius 2 is 2.05 bits per heavy atom. The molecule has 7 nitrogen and oxygen atoms in total. The van der Waals surface area contributed by atoms with E-state index in [2.05, 4.69) is 10.2 Å². The van der Waals surface area contributed by atoms with Gasteiger partial charge in [-0.05, 0) is 39.1 Å². The summed E-state index contributed by atoms with van der Waals surface area (Å²) in [6.45, 7) is 0. The maximum Gasteiger partial charge on any atom is 0.310 e. The molecule has 1 aliphatic carbocycles. The predicted molar refractivity (Wildman–Crippen MR) is 82.0 cm³/mol. The Morgan fingerprint density at radius 3 is 2.64 bits per heavy atom. The van der Waals surface area contributed by atoms with Crippen LogP contribution in [0.15, 0.2) is 18.2 Å². The molecule has 0 bridgehead atoms. The van der Waals surface area contributed by atoms with Crippen LogP contribution in [0.5, 0.6) is 5.75 Å². The van der Waals surface area contributed by atoms with E-state index in [-0.39, 0.29) is 23.6 Å². The van der Waals surface area contributed by atoms with E-state index in [4.69, 9.17) is 0 Å². The molecule has 2 N–H and O–H groups in total. The first-order valence-corrected chi connectivity index (χ1v) is 7.35. The van der Waals surface area contributed by atoms with E-state index in [1.54, 1.807) is 0 Å². The maximum atomic E-state index is 12.3. The van der Waals surface area contributed by atoms with Crippen LogP contribution in [0.4, 0.5) is 5.69 Å². The molecule has 1 fully saturated rings. The monoisotopic (exact) mass is 307 g/mol. The second-order valence-corrected chi connectivity index (χ2v) is 5.86. The number of nitrogens with zero attached hydrogens (tertiary/aromatic N) is 2. The van der Waals surface area contributed by atoms with Crippen molar-refractivity contribution in [2.24, 2.45) is 0 Å². The van der Waals surface area contributed by atoms with Gasteiger partial charge < -0.3 is 15.3 Å². The third-order valence-electron chi connectivity index (χ3n) is 4.14. The molecular formula is C15H21N3O4. The van der Waals surface area contributed by atoms with Crippen LogP contribution in [0, 0.1) is 10.1 Å². The van der Waals surface area contributed by atoms with Crippen molar-refractivity contribution < 1.29 is 14.8 Å². The molecule has 120 valence electrons. The minimum absolute atomic E-state index is 0.0496. The molecule has 1 aromatic rings. The summed E-state index contributed by atoms with van der Waals surface area (Å²) in [4.78, 5) is 24.4. The van der Waals surface area contributed by atoms with Gasteiger partial charge in [0.1, 0.15) is 0 Å². The number of hydrogen-bond acceptors (Lipinski definition) is 5. The second kappa shape index (κ2) is 6.74. The molecule has 0 spiro atoms. The number of phenolic OH excluding ortho intramolecular Hbond substituents is 1. The van der Waals surface area contributed by atoms with Crippen molar-refractivity contribution in [2.75, 3.05) is 14.1 Å². The van der Waals surface area contributed by atoms with Crippen molar-refractivity contribution in [3.63, 3.8) is 0 Å². The second-order valence-electron chi connectivity index (χ2n) is 5.86. The Morgan fingerprint density at radius 1 is 1.36 bits per heavy atom. The highest BCUT2D eigenvalue weighted by Gasteiger charge is 2.28. The molecule has 1 aromatic carbocycles. The molecule has 2 unspecified atom stereocenters. The number of nitro benzene ring substituents is 1. The summed E-state index contributed by atoms with van der Waals surface area (Å²) in [6.07, 6.45) is 4.16. The van der Waals surface area contributed by atoms with E-state index < -0.39 is 16.4 Å². The van der Waals surface area contributed by atoms with Gasteiger partial charge in [0.2, 0.25) is 0 Å². The van der Waals surface area contributed by atoms with Crippen molar-refractivity contribution >= 4 is 11.6 Å². The highest BCUT2D eigenvalue weighted by molar-refractivity contribution is 5.95. The molecule has 0 aromatic heterocycles. The number of hydrogen-bond donors (Lipinski definition) is 2. The largest absolute Gasteiger partial charge is 0.502 e. The van der Waals surface area contributed by atoms with E-state index in [9.17, 15) is 20.0 Å². The number of nitrogens with one attached hydrogen (secondary N) is 1. The number of rotatable bonds is 4. The Hall–Kier alpha value is -2.15. The zero-order chi connectivity index (χ0) is 16.3. The average Bonchev–Trinajstić information content (AvgIpc) is 2.47. The van der Waals surface area contributed by atoms with Crippen LogP contribution in [0.3, 0.4) is 0 Å². The van der Waals surface area contributed by atoms with E-state index in [1.165, 1.54) is 6.07 Å². The van der Waals surface area contributed by atoms with Gasteiger partial charge in [0.05, 0.1) is 4.92 Å². The van der Waals surface area contributed by atoms with Crippen molar-refractivity contribution in [1.82, 2.24) is 10.2 Å². The van der Waals surface area contributed by atoms with Crippen LogP contribution >= 0.6 is 0 Å². The molecule has 0 heterocycles. The number of carbonyl (C=O) groups is 1. The zero-order valence-electron chi connectivity index (χ0n) is 12.8. The summed E-state index contributed by atoms with van der Waals surface area (Å²) in [6, 6.07) is 3.98. The topological polar surface area (TPSA) is 95.7 Å². The molecule has 7 heteroatoms. The Bertz CT molecular complexity index is 574. The van der Waals surface area contributed by atoms with Gasteiger partial charge in [-0.3, -0.25) is 14.9 Å². The van der Waals surface area contributed by atoms with Gasteiger partial charge in [-0.1, -0.05) is 12.8 Å². The van der Waals surface area contributed by atoms with Crippen molar-refractivity contribution in [2.45, 2.75) is 37.8 Å². The van der Waals surface area contributed by atoms with E-state index >= 15 is 0 Å². The summed E-state index contributed by atoms with van der Waals surface area (Å²) >= 11 is 0. The minimum atomic E-state index is -0.680. The van der Waals surface area contributed by atoms with Crippen LogP contribution in [0.25, 0.3) is 0 Å². The number of nitro groups is 1. The van der Waals surface area contributed by atoms with Gasteiger partial charge in [0.15, 0.2) is 5.75 Å². The average molecular weight is 307 g/mol. The zero-order valence-corrected chi connectivity index (χ0v) is 12.8. The van der Waals surface area contributed by atoms with Gasteiger partial charge in [-0.15, -0.1) is 0 Å². The van der Waals surface area contributed by atoms with E-state index in [1.807, 2.05) is 14.1 Å². The summed E-state index contributed by atoms with van der Waals surface area (Å²) in [5.74, 6) is -0.811. The summed E-state index contributed by atoms with van der Waals surface area (Å²) in [5.41, 5.74) is -0.174. The van der Waals surface area contributed by atoms with Crippen molar-refractivity contribution in [3.8, 4) is 5.75 Å². The van der Waals surface area contributed by atoms with Gasteiger partial charge in [0, 0.05) is 23.7 Å². The lowest BCUT2D eigenvalue weighted by Crippen LogP contribution is -2.51. The van der Waals surface area contributed by atoms with E-state index in [0.29, 0.717) is 0 Å². The van der Waals surface area contributed by atoms with Gasteiger partial charge in [0.25, 0.3) is 5.91 Å². The lowest BCUT2D eigenvalue weighted by molar-refractivity contribution is -0.385. The fourth-order valence-electron chi connectivity index (χ4n) is 2.97. The fourth-order valence-corrected chi connectivity index (χ4v) is 2.97. The Labute approximate surface area is 129 Å². The molecule has 0 radical (unpaired) electrons. The summed E-state index contributed by atoms with van der Waals surface area (Å²) in [5, 5.41) is 23.3. The third-order valence-corrected chi connectivity index (χ3v) is 4.14. The number of carbonyl (C=O) groups excluding carboxylic acids is 1. The van der Waals surface area contributed by atoms with Crippen LogP contribution < -0.4 is 5.32 Å². The first kappa shape index (κ1) is 16.2. The molecule has 0 saturated heterocycles. The van der Waals surface area contributed by atoms with Crippen LogP contribution in [-0.4, -0.2) is 47.0 Å². The predicted octanol–water partition coefficient (Wildman–Crippen LogP) is 1.90. The number of benzene rings is 1. The molecular weight excluding hydrogens is 286 g/mol. The minimum Gasteiger partial charge on any atom is -0.502 e. The molecule has 1 aliphatic rings. The van der Waals surface area contributed by atoms with Crippen LogP contribution in [0.2, 0.25) is 0 Å². The van der Waals surface area contributed by atoms with Crippen molar-refractivity contribution in [3.05, 3.63) is 33.9 Å². The number of phenols is 1. The highest BCUT2D eigenvalue weighted by atomic mass is 16.6. The standard InChI is InChI=1S/C15H21N3O4/c1-17(2)12-6-4-3-5-11(12)16-15(20)10-7-8-13(18(21)22)14(19)9-10/h7-9,11-12,19H,3-6H2,1-2H3,(H,16,20). The highest BCUT2D eigenvalue weighted by Crippen LogP contribution is 2.27. The summed E-state index contributed by atoms with van der Waals surface area (Å²) < 4.78 is 0. The van der Waals surface area contributed by atoms with Gasteiger partial charge in [-0.25, -0.2) is 0 Å². The SMILES string of the molecule is CN(C)C1CCCCC1NC(=O)c1ccc([N+](=O)[O-])c(O)c1. The number of likely N-dealkylation sites (N-methyl/N-ethyl adjacent to an activating group) is 1. The number of aromatic hydroxyl groups is 1. The van der Waals surface area contributed by atoms with E-state index in [0.717, 1.165) is 37.8 Å². The van der Waals surface area contributed by atoms with Crippen LogP contribution in [-0.2, 0) is 0 Å². The normalized spacial score (nSPS) is 21.6. The van der Waals surface area contributed by atoms with Crippen molar-refractivity contribution in [1.29, 1.82) is 0 Å². The molecule has 1 saturated carbocycles. The van der Waals surface area contributed by atoms with Crippen LogP contribution in [0.1, 0.15) is 36.0 Å². The fraction of sp³-hybridized carbons (Fsp3) is 0.533. The Balaban J connectivity index is 2.11. The first-order valence-electron chi connectivity index (χ1n) is 7.35. The lowest BCUT2D eigenvalue weighted by Gasteiger charge is -2.36. The molecule has 0 aliphatic heterocycles. The third kappa shape index (κ3) is 3.54. The summed E-state index contributed by atoms with van der Waals surface area (Å²) in [7, 11) is 3.99. The Kier molecular flexibility index (Phi) is 4.97. The molecule has 1 amide bonds. The quantitative estimate of drug-likeness (QED) is 0.654.